The third-order valence-electron chi connectivity index (χ3n) is 4.61. The van der Waals surface area contributed by atoms with Gasteiger partial charge in [0.1, 0.15) is 0 Å². The zero-order chi connectivity index (χ0) is 15.4. The molecule has 3 rings (SSSR count). The van der Waals surface area contributed by atoms with Gasteiger partial charge in [0.2, 0.25) is 0 Å². The van der Waals surface area contributed by atoms with Crippen molar-refractivity contribution in [3.8, 4) is 0 Å². The topological polar surface area (TPSA) is 89.2 Å². The molecule has 21 heavy (non-hydrogen) atoms. The van der Waals surface area contributed by atoms with Gasteiger partial charge in [-0.3, -0.25) is 9.59 Å². The Bertz CT molecular complexity index is 636. The van der Waals surface area contributed by atoms with Crippen molar-refractivity contribution in [2.24, 2.45) is 17.1 Å². The maximum absolute atomic E-state index is 13.7. The molecule has 2 aliphatic rings. The Labute approximate surface area is 119 Å². The van der Waals surface area contributed by atoms with Crippen LogP contribution in [-0.4, -0.2) is 45.7 Å². The number of halogens is 2. The summed E-state index contributed by atoms with van der Waals surface area (Å²) >= 11 is 0. The second kappa shape index (κ2) is 4.19. The highest BCUT2D eigenvalue weighted by molar-refractivity contribution is 6.04. The lowest BCUT2D eigenvalue weighted by atomic mass is 9.97. The number of nitrogens with two attached hydrogens (primary N) is 1. The Kier molecular flexibility index (Phi) is 2.76. The summed E-state index contributed by atoms with van der Waals surface area (Å²) in [6.45, 7) is 1.70. The maximum Gasteiger partial charge on any atom is 0.274 e. The normalized spacial score (nSPS) is 29.7. The summed E-state index contributed by atoms with van der Waals surface area (Å²) in [5, 5.41) is 0. The SMILES string of the molecule is CC12CCN(C(=O)c3nccnc3C(N)=O)CC1C2(F)F. The van der Waals surface area contributed by atoms with Crippen molar-refractivity contribution in [1.29, 1.82) is 0 Å². The molecule has 1 saturated heterocycles. The molecule has 2 N–H and O–H groups in total. The Hall–Kier alpha value is -2.12. The first-order valence-electron chi connectivity index (χ1n) is 6.57. The molecule has 1 aliphatic carbocycles. The van der Waals surface area contributed by atoms with E-state index in [1.165, 1.54) is 24.2 Å². The molecule has 2 fully saturated rings. The van der Waals surface area contributed by atoms with Crippen LogP contribution in [0.1, 0.15) is 34.3 Å². The summed E-state index contributed by atoms with van der Waals surface area (Å²) in [5.74, 6) is -5.03. The van der Waals surface area contributed by atoms with Gasteiger partial charge in [-0.2, -0.15) is 0 Å². The van der Waals surface area contributed by atoms with Gasteiger partial charge in [0.25, 0.3) is 17.7 Å². The first-order chi connectivity index (χ1) is 9.79. The van der Waals surface area contributed by atoms with E-state index >= 15 is 0 Å². The van der Waals surface area contributed by atoms with Crippen molar-refractivity contribution in [2.45, 2.75) is 19.3 Å². The van der Waals surface area contributed by atoms with E-state index < -0.39 is 29.1 Å². The Morgan fingerprint density at radius 2 is 1.95 bits per heavy atom. The summed E-state index contributed by atoms with van der Waals surface area (Å²) in [5.41, 5.74) is 3.71. The largest absolute Gasteiger partial charge is 0.364 e. The van der Waals surface area contributed by atoms with Crippen LogP contribution in [0.15, 0.2) is 12.4 Å². The fourth-order valence-electron chi connectivity index (χ4n) is 3.02. The summed E-state index contributed by atoms with van der Waals surface area (Å²) in [4.78, 5) is 32.5. The Morgan fingerprint density at radius 1 is 1.33 bits per heavy atom. The number of rotatable bonds is 2. The number of carbonyl (C=O) groups is 2. The minimum Gasteiger partial charge on any atom is -0.364 e. The minimum atomic E-state index is -2.74. The van der Waals surface area contributed by atoms with E-state index in [1.54, 1.807) is 0 Å². The molecule has 0 aromatic carbocycles. The third-order valence-corrected chi connectivity index (χ3v) is 4.61. The highest BCUT2D eigenvalue weighted by Crippen LogP contribution is 2.69. The molecule has 1 aliphatic heterocycles. The van der Waals surface area contributed by atoms with Gasteiger partial charge in [-0.1, -0.05) is 6.92 Å². The summed E-state index contributed by atoms with van der Waals surface area (Å²) in [6.07, 6.45) is 2.74. The average Bonchev–Trinajstić information content (AvgIpc) is 2.91. The van der Waals surface area contributed by atoms with Crippen molar-refractivity contribution >= 4 is 11.8 Å². The van der Waals surface area contributed by atoms with E-state index in [0.29, 0.717) is 0 Å². The molecule has 0 spiro atoms. The number of fused-ring (bicyclic) bond motifs is 1. The number of aromatic nitrogens is 2. The fraction of sp³-hybridized carbons (Fsp3) is 0.538. The van der Waals surface area contributed by atoms with E-state index in [0.717, 1.165) is 0 Å². The van der Waals surface area contributed by atoms with Crippen LogP contribution < -0.4 is 5.73 Å². The second-order valence-electron chi connectivity index (χ2n) is 5.71. The van der Waals surface area contributed by atoms with E-state index in [1.807, 2.05) is 0 Å². The van der Waals surface area contributed by atoms with E-state index in [2.05, 4.69) is 9.97 Å². The zero-order valence-electron chi connectivity index (χ0n) is 11.3. The summed E-state index contributed by atoms with van der Waals surface area (Å²) < 4.78 is 27.4. The van der Waals surface area contributed by atoms with Crippen LogP contribution in [0.5, 0.6) is 0 Å². The van der Waals surface area contributed by atoms with Gasteiger partial charge in [0.05, 0.1) is 5.92 Å². The standard InChI is InChI=1S/C13H14F2N4O2/c1-12-2-5-19(6-7(12)13(12,14)15)11(21)9-8(10(16)20)17-3-4-18-9/h3-4,7H,2,5-6H2,1H3,(H2,16,20). The van der Waals surface area contributed by atoms with Crippen molar-refractivity contribution in [3.63, 3.8) is 0 Å². The van der Waals surface area contributed by atoms with E-state index in [-0.39, 0.29) is 30.9 Å². The van der Waals surface area contributed by atoms with Gasteiger partial charge in [-0.05, 0) is 6.42 Å². The molecule has 6 nitrogen and oxygen atoms in total. The molecule has 1 aromatic heterocycles. The number of nitrogens with zero attached hydrogens (tertiary/aromatic N) is 3. The molecular weight excluding hydrogens is 282 g/mol. The lowest BCUT2D eigenvalue weighted by molar-refractivity contribution is 0.0635. The third kappa shape index (κ3) is 1.81. The van der Waals surface area contributed by atoms with Gasteiger partial charge in [-0.15, -0.1) is 0 Å². The van der Waals surface area contributed by atoms with Crippen LogP contribution in [0.3, 0.4) is 0 Å². The molecular formula is C13H14F2N4O2. The number of primary amides is 1. The smallest absolute Gasteiger partial charge is 0.274 e. The van der Waals surface area contributed by atoms with Gasteiger partial charge in [0.15, 0.2) is 11.4 Å². The number of amides is 2. The quantitative estimate of drug-likeness (QED) is 0.869. The first-order valence-corrected chi connectivity index (χ1v) is 6.57. The lowest BCUT2D eigenvalue weighted by Gasteiger charge is -2.28. The van der Waals surface area contributed by atoms with Crippen LogP contribution in [0.2, 0.25) is 0 Å². The van der Waals surface area contributed by atoms with Crippen molar-refractivity contribution in [3.05, 3.63) is 23.8 Å². The van der Waals surface area contributed by atoms with Crippen LogP contribution in [-0.2, 0) is 0 Å². The number of hydrogen-bond acceptors (Lipinski definition) is 4. The molecule has 0 radical (unpaired) electrons. The molecule has 2 heterocycles. The van der Waals surface area contributed by atoms with Gasteiger partial charge in [0, 0.05) is 30.9 Å². The molecule has 0 bridgehead atoms. The summed E-state index contributed by atoms with van der Waals surface area (Å²) in [7, 11) is 0. The van der Waals surface area contributed by atoms with Crippen LogP contribution in [0.4, 0.5) is 8.78 Å². The lowest BCUT2D eigenvalue weighted by Crippen LogP contribution is -2.40. The number of likely N-dealkylation sites (tertiary alicyclic amines) is 1. The van der Waals surface area contributed by atoms with Gasteiger partial charge < -0.3 is 10.6 Å². The molecule has 2 unspecified atom stereocenters. The second-order valence-corrected chi connectivity index (χ2v) is 5.71. The van der Waals surface area contributed by atoms with E-state index in [4.69, 9.17) is 5.73 Å². The fourth-order valence-corrected chi connectivity index (χ4v) is 3.02. The zero-order valence-corrected chi connectivity index (χ0v) is 11.3. The summed E-state index contributed by atoms with van der Waals surface area (Å²) in [6, 6.07) is 0. The van der Waals surface area contributed by atoms with Crippen molar-refractivity contribution < 1.29 is 18.4 Å². The molecule has 2 amide bonds. The van der Waals surface area contributed by atoms with Crippen molar-refractivity contribution in [1.82, 2.24) is 14.9 Å². The molecule has 2 atom stereocenters. The van der Waals surface area contributed by atoms with Crippen LogP contribution in [0.25, 0.3) is 0 Å². The Morgan fingerprint density at radius 3 is 2.52 bits per heavy atom. The molecule has 1 saturated carbocycles. The van der Waals surface area contributed by atoms with Gasteiger partial charge in [-0.25, -0.2) is 18.7 Å². The highest BCUT2D eigenvalue weighted by atomic mass is 19.3. The van der Waals surface area contributed by atoms with Crippen molar-refractivity contribution in [2.75, 3.05) is 13.1 Å². The number of alkyl halides is 2. The van der Waals surface area contributed by atoms with E-state index in [9.17, 15) is 18.4 Å². The first kappa shape index (κ1) is 13.8. The number of piperidine rings is 1. The number of hydrogen-bond donors (Lipinski definition) is 1. The Balaban J connectivity index is 1.84. The van der Waals surface area contributed by atoms with Crippen LogP contribution in [0, 0.1) is 11.3 Å². The monoisotopic (exact) mass is 296 g/mol. The van der Waals surface area contributed by atoms with Crippen LogP contribution >= 0.6 is 0 Å². The average molecular weight is 296 g/mol. The minimum absolute atomic E-state index is 0.0445. The molecule has 112 valence electrons. The predicted molar refractivity (Wildman–Crippen MR) is 67.6 cm³/mol. The molecule has 8 heteroatoms. The predicted octanol–water partition coefficient (Wildman–Crippen LogP) is 0.693. The molecule has 1 aromatic rings. The number of carbonyl (C=O) groups excluding carboxylic acids is 2. The van der Waals surface area contributed by atoms with Gasteiger partial charge >= 0.3 is 0 Å². The highest BCUT2D eigenvalue weighted by Gasteiger charge is 2.78. The maximum atomic E-state index is 13.7.